The molecule has 0 spiro atoms. The number of hydrogen-bond acceptors (Lipinski definition) is 2. The van der Waals surface area contributed by atoms with Crippen LogP contribution in [0.2, 0.25) is 0 Å². The van der Waals surface area contributed by atoms with Gasteiger partial charge in [-0.25, -0.2) is 9.18 Å². The highest BCUT2D eigenvalue weighted by Crippen LogP contribution is 2.19. The van der Waals surface area contributed by atoms with Gasteiger partial charge in [-0.3, -0.25) is 0 Å². The summed E-state index contributed by atoms with van der Waals surface area (Å²) in [5, 5.41) is 11.9. The molecule has 0 fully saturated rings. The largest absolute Gasteiger partial charge is 0.478 e. The summed E-state index contributed by atoms with van der Waals surface area (Å²) in [7, 11) is 0. The fraction of sp³-hybridized carbons (Fsp3) is 0.188. The van der Waals surface area contributed by atoms with Crippen molar-refractivity contribution < 1.29 is 14.3 Å². The van der Waals surface area contributed by atoms with Crippen molar-refractivity contribution in [3.8, 4) is 0 Å². The molecular weight excluding hydrogens is 257 g/mol. The van der Waals surface area contributed by atoms with E-state index in [1.807, 2.05) is 32.0 Å². The van der Waals surface area contributed by atoms with Crippen molar-refractivity contribution in [1.82, 2.24) is 0 Å². The molecule has 0 atom stereocenters. The van der Waals surface area contributed by atoms with Crippen molar-refractivity contribution in [3.63, 3.8) is 0 Å². The van der Waals surface area contributed by atoms with Crippen molar-refractivity contribution in [2.24, 2.45) is 0 Å². The second kappa shape index (κ2) is 5.74. The maximum absolute atomic E-state index is 13.7. The van der Waals surface area contributed by atoms with Crippen LogP contribution in [0.5, 0.6) is 0 Å². The van der Waals surface area contributed by atoms with E-state index < -0.39 is 11.8 Å². The highest BCUT2D eigenvalue weighted by molar-refractivity contribution is 5.88. The summed E-state index contributed by atoms with van der Waals surface area (Å²) in [4.78, 5) is 10.9. The number of aromatic carboxylic acids is 1. The second-order valence-corrected chi connectivity index (χ2v) is 4.71. The first-order chi connectivity index (χ1) is 9.49. The van der Waals surface area contributed by atoms with Crippen LogP contribution in [0, 0.1) is 19.7 Å². The topological polar surface area (TPSA) is 49.3 Å². The van der Waals surface area contributed by atoms with Crippen LogP contribution < -0.4 is 5.32 Å². The Morgan fingerprint density at radius 1 is 1.25 bits per heavy atom. The van der Waals surface area contributed by atoms with E-state index in [9.17, 15) is 9.18 Å². The van der Waals surface area contributed by atoms with Crippen LogP contribution >= 0.6 is 0 Å². The number of aryl methyl sites for hydroxylation is 1. The quantitative estimate of drug-likeness (QED) is 0.891. The van der Waals surface area contributed by atoms with E-state index in [-0.39, 0.29) is 11.3 Å². The molecule has 2 aromatic carbocycles. The first-order valence-corrected chi connectivity index (χ1v) is 6.31. The molecule has 2 aromatic rings. The van der Waals surface area contributed by atoms with Gasteiger partial charge in [0, 0.05) is 6.54 Å². The molecule has 20 heavy (non-hydrogen) atoms. The molecule has 0 unspecified atom stereocenters. The van der Waals surface area contributed by atoms with E-state index in [1.54, 1.807) is 0 Å². The van der Waals surface area contributed by atoms with Gasteiger partial charge in [0.05, 0.1) is 11.3 Å². The fourth-order valence-electron chi connectivity index (χ4n) is 1.99. The monoisotopic (exact) mass is 273 g/mol. The predicted octanol–water partition coefficient (Wildman–Crippen LogP) is 3.75. The Balaban J connectivity index is 2.20. The Morgan fingerprint density at radius 3 is 2.70 bits per heavy atom. The Labute approximate surface area is 117 Å². The van der Waals surface area contributed by atoms with Gasteiger partial charge < -0.3 is 10.4 Å². The number of benzene rings is 2. The first kappa shape index (κ1) is 14.1. The molecule has 2 rings (SSSR count). The molecule has 0 aliphatic heterocycles. The lowest BCUT2D eigenvalue weighted by Gasteiger charge is -2.12. The summed E-state index contributed by atoms with van der Waals surface area (Å²) in [6, 6.07) is 9.65. The summed E-state index contributed by atoms with van der Waals surface area (Å²) >= 11 is 0. The number of anilines is 1. The molecule has 4 heteroatoms. The van der Waals surface area contributed by atoms with Gasteiger partial charge in [-0.15, -0.1) is 0 Å². The Kier molecular flexibility index (Phi) is 4.03. The van der Waals surface area contributed by atoms with Crippen molar-refractivity contribution in [2.45, 2.75) is 20.4 Å². The molecule has 0 aliphatic carbocycles. The summed E-state index contributed by atoms with van der Waals surface area (Å²) < 4.78 is 13.7. The number of nitrogens with one attached hydrogen (secondary N) is 1. The summed E-state index contributed by atoms with van der Waals surface area (Å²) in [6.45, 7) is 4.48. The van der Waals surface area contributed by atoms with Crippen LogP contribution in [0.15, 0.2) is 36.4 Å². The molecule has 3 nitrogen and oxygen atoms in total. The maximum atomic E-state index is 13.7. The number of halogens is 1. The Hall–Kier alpha value is -2.36. The van der Waals surface area contributed by atoms with Crippen LogP contribution in [0.3, 0.4) is 0 Å². The van der Waals surface area contributed by atoms with E-state index in [0.29, 0.717) is 6.54 Å². The lowest BCUT2D eigenvalue weighted by molar-refractivity contribution is 0.0697. The van der Waals surface area contributed by atoms with Crippen molar-refractivity contribution in [1.29, 1.82) is 0 Å². The second-order valence-electron chi connectivity index (χ2n) is 4.71. The van der Waals surface area contributed by atoms with Crippen LogP contribution in [0.1, 0.15) is 27.0 Å². The van der Waals surface area contributed by atoms with Gasteiger partial charge in [-0.1, -0.05) is 18.2 Å². The molecule has 0 amide bonds. The molecule has 0 heterocycles. The number of carbonyl (C=O) groups is 1. The minimum Gasteiger partial charge on any atom is -0.478 e. The highest BCUT2D eigenvalue weighted by Gasteiger charge is 2.09. The summed E-state index contributed by atoms with van der Waals surface area (Å²) in [6.07, 6.45) is 0. The lowest BCUT2D eigenvalue weighted by atomic mass is 10.0. The summed E-state index contributed by atoms with van der Waals surface area (Å²) in [5.74, 6) is -1.53. The van der Waals surface area contributed by atoms with E-state index in [2.05, 4.69) is 5.32 Å². The molecule has 0 saturated carbocycles. The van der Waals surface area contributed by atoms with Crippen molar-refractivity contribution in [2.75, 3.05) is 5.32 Å². The van der Waals surface area contributed by atoms with Crippen LogP contribution in [0.4, 0.5) is 10.1 Å². The Morgan fingerprint density at radius 2 is 2.00 bits per heavy atom. The Bertz CT molecular complexity index is 653. The lowest BCUT2D eigenvalue weighted by Crippen LogP contribution is -2.05. The zero-order chi connectivity index (χ0) is 14.7. The fourth-order valence-corrected chi connectivity index (χ4v) is 1.99. The predicted molar refractivity (Wildman–Crippen MR) is 76.6 cm³/mol. The molecule has 2 N–H and O–H groups in total. The van der Waals surface area contributed by atoms with Crippen molar-refractivity contribution >= 4 is 11.7 Å². The molecule has 0 bridgehead atoms. The third-order valence-corrected chi connectivity index (χ3v) is 3.40. The smallest absolute Gasteiger partial charge is 0.335 e. The van der Waals surface area contributed by atoms with Gasteiger partial charge in [0.1, 0.15) is 5.82 Å². The van der Waals surface area contributed by atoms with Gasteiger partial charge in [-0.05, 0) is 48.7 Å². The van der Waals surface area contributed by atoms with E-state index in [0.717, 1.165) is 17.2 Å². The minimum atomic E-state index is -1.07. The first-order valence-electron chi connectivity index (χ1n) is 6.31. The number of hydrogen-bond donors (Lipinski definition) is 2. The minimum absolute atomic E-state index is 0.0647. The average molecular weight is 273 g/mol. The molecular formula is C16H16FNO2. The zero-order valence-electron chi connectivity index (χ0n) is 11.4. The van der Waals surface area contributed by atoms with Gasteiger partial charge in [0.15, 0.2) is 0 Å². The van der Waals surface area contributed by atoms with E-state index >= 15 is 0 Å². The molecule has 0 aromatic heterocycles. The van der Waals surface area contributed by atoms with Gasteiger partial charge in [0.2, 0.25) is 0 Å². The number of rotatable bonds is 4. The molecule has 0 aliphatic rings. The molecule has 0 radical (unpaired) electrons. The average Bonchev–Trinajstić information content (AvgIpc) is 2.41. The van der Waals surface area contributed by atoms with Gasteiger partial charge >= 0.3 is 5.97 Å². The standard InChI is InChI=1S/C16H16FNO2/c1-10-4-3-5-13(11(10)2)9-18-15-8-12(16(19)20)6-7-14(15)17/h3-8,18H,9H2,1-2H3,(H,19,20). The van der Waals surface area contributed by atoms with Gasteiger partial charge in [0.25, 0.3) is 0 Å². The van der Waals surface area contributed by atoms with Crippen LogP contribution in [0.25, 0.3) is 0 Å². The maximum Gasteiger partial charge on any atom is 0.335 e. The van der Waals surface area contributed by atoms with Crippen LogP contribution in [-0.4, -0.2) is 11.1 Å². The van der Waals surface area contributed by atoms with Crippen molar-refractivity contribution in [3.05, 3.63) is 64.5 Å². The van der Waals surface area contributed by atoms with Gasteiger partial charge in [-0.2, -0.15) is 0 Å². The molecule has 0 saturated heterocycles. The third-order valence-electron chi connectivity index (χ3n) is 3.40. The highest BCUT2D eigenvalue weighted by atomic mass is 19.1. The SMILES string of the molecule is Cc1cccc(CNc2cc(C(=O)O)ccc2F)c1C. The zero-order valence-corrected chi connectivity index (χ0v) is 11.4. The van der Waals surface area contributed by atoms with E-state index in [4.69, 9.17) is 5.11 Å². The normalized spacial score (nSPS) is 10.3. The van der Waals surface area contributed by atoms with Crippen LogP contribution in [-0.2, 0) is 6.54 Å². The summed E-state index contributed by atoms with van der Waals surface area (Å²) in [5.41, 5.74) is 3.64. The molecule has 104 valence electrons. The van der Waals surface area contributed by atoms with E-state index in [1.165, 1.54) is 17.7 Å². The number of carboxylic acids is 1. The number of carboxylic acid groups (broad SMARTS) is 1. The third kappa shape index (κ3) is 2.96.